The van der Waals surface area contributed by atoms with E-state index in [9.17, 15) is 9.59 Å². The van der Waals surface area contributed by atoms with Crippen molar-refractivity contribution >= 4 is 17.6 Å². The molecule has 0 fully saturated rings. The van der Waals surface area contributed by atoms with Crippen molar-refractivity contribution in [1.82, 2.24) is 0 Å². The van der Waals surface area contributed by atoms with Crippen molar-refractivity contribution in [3.05, 3.63) is 59.2 Å². The van der Waals surface area contributed by atoms with Gasteiger partial charge in [-0.2, -0.15) is 0 Å². The quantitative estimate of drug-likeness (QED) is 0.770. The van der Waals surface area contributed by atoms with Crippen LogP contribution in [0.1, 0.15) is 30.5 Å². The molecule has 2 rings (SSSR count). The average Bonchev–Trinajstić information content (AvgIpc) is 2.62. The lowest BCUT2D eigenvalue weighted by molar-refractivity contribution is -0.152. The Morgan fingerprint density at radius 3 is 2.42 bits per heavy atom. The number of amides is 1. The summed E-state index contributed by atoms with van der Waals surface area (Å²) in [6.07, 6.45) is 0.0994. The van der Waals surface area contributed by atoms with E-state index < -0.39 is 12.1 Å². The third-order valence-electron chi connectivity index (χ3n) is 4.08. The Balaban J connectivity index is 1.93. The van der Waals surface area contributed by atoms with E-state index in [2.05, 4.69) is 12.2 Å². The molecule has 2 aromatic carbocycles. The van der Waals surface area contributed by atoms with Crippen LogP contribution in [-0.2, 0) is 27.2 Å². The van der Waals surface area contributed by atoms with Crippen molar-refractivity contribution in [3.63, 3.8) is 0 Å². The van der Waals surface area contributed by atoms with Crippen molar-refractivity contribution < 1.29 is 19.1 Å². The summed E-state index contributed by atoms with van der Waals surface area (Å²) in [6, 6.07) is 13.2. The van der Waals surface area contributed by atoms with Gasteiger partial charge in [-0.1, -0.05) is 36.8 Å². The van der Waals surface area contributed by atoms with E-state index in [1.165, 1.54) is 5.56 Å². The average molecular weight is 355 g/mol. The van der Waals surface area contributed by atoms with E-state index in [-0.39, 0.29) is 12.3 Å². The summed E-state index contributed by atoms with van der Waals surface area (Å²) in [6.45, 7) is 5.56. The van der Waals surface area contributed by atoms with Gasteiger partial charge in [-0.3, -0.25) is 9.59 Å². The second-order valence-corrected chi connectivity index (χ2v) is 6.16. The Morgan fingerprint density at radius 1 is 1.12 bits per heavy atom. The van der Waals surface area contributed by atoms with Crippen molar-refractivity contribution in [2.75, 3.05) is 12.4 Å². The number of anilines is 1. The molecule has 26 heavy (non-hydrogen) atoms. The number of ether oxygens (including phenoxy) is 2. The van der Waals surface area contributed by atoms with Crippen LogP contribution in [0.3, 0.4) is 0 Å². The number of aryl methyl sites for hydroxylation is 2. The highest BCUT2D eigenvalue weighted by Crippen LogP contribution is 2.20. The third kappa shape index (κ3) is 5.34. The fourth-order valence-electron chi connectivity index (χ4n) is 2.56. The minimum atomic E-state index is -0.885. The fourth-order valence-corrected chi connectivity index (χ4v) is 2.56. The number of esters is 1. The number of hydrogen-bond donors (Lipinski definition) is 1. The maximum absolute atomic E-state index is 12.2. The van der Waals surface area contributed by atoms with Crippen molar-refractivity contribution in [2.45, 2.75) is 39.7 Å². The SMILES string of the molecule is CCc1ccc(NC(=O)[C@H](C)OC(=O)Cc2cc(C)ccc2OC)cc1. The van der Waals surface area contributed by atoms with Crippen LogP contribution in [0.25, 0.3) is 0 Å². The zero-order valence-electron chi connectivity index (χ0n) is 15.7. The van der Waals surface area contributed by atoms with Crippen LogP contribution in [0.2, 0.25) is 0 Å². The molecule has 138 valence electrons. The number of carbonyl (C=O) groups excluding carboxylic acids is 2. The summed E-state index contributed by atoms with van der Waals surface area (Å²) in [4.78, 5) is 24.4. The molecule has 0 saturated carbocycles. The van der Waals surface area contributed by atoms with Crippen molar-refractivity contribution in [3.8, 4) is 5.75 Å². The van der Waals surface area contributed by atoms with E-state index in [4.69, 9.17) is 9.47 Å². The molecular formula is C21H25NO4. The number of carbonyl (C=O) groups is 2. The maximum Gasteiger partial charge on any atom is 0.311 e. The fraction of sp³-hybridized carbons (Fsp3) is 0.333. The van der Waals surface area contributed by atoms with Crippen LogP contribution >= 0.6 is 0 Å². The first kappa shape index (κ1) is 19.5. The zero-order chi connectivity index (χ0) is 19.1. The van der Waals surface area contributed by atoms with Crippen LogP contribution < -0.4 is 10.1 Å². The van der Waals surface area contributed by atoms with Crippen molar-refractivity contribution in [1.29, 1.82) is 0 Å². The summed E-state index contributed by atoms with van der Waals surface area (Å²) < 4.78 is 10.5. The molecule has 0 radical (unpaired) electrons. The van der Waals surface area contributed by atoms with Crippen LogP contribution in [-0.4, -0.2) is 25.1 Å². The highest BCUT2D eigenvalue weighted by Gasteiger charge is 2.19. The van der Waals surface area contributed by atoms with Gasteiger partial charge >= 0.3 is 5.97 Å². The van der Waals surface area contributed by atoms with E-state index in [1.807, 2.05) is 49.4 Å². The molecule has 2 aromatic rings. The number of benzene rings is 2. The monoisotopic (exact) mass is 355 g/mol. The van der Waals surface area contributed by atoms with Gasteiger partial charge in [0.25, 0.3) is 5.91 Å². The van der Waals surface area contributed by atoms with Gasteiger partial charge in [0, 0.05) is 11.3 Å². The summed E-state index contributed by atoms with van der Waals surface area (Å²) in [7, 11) is 1.55. The molecule has 0 spiro atoms. The number of rotatable bonds is 7. The second kappa shape index (κ2) is 9.04. The van der Waals surface area contributed by atoms with Gasteiger partial charge in [0.1, 0.15) is 5.75 Å². The molecule has 0 aliphatic rings. The van der Waals surface area contributed by atoms with Gasteiger partial charge in [0.2, 0.25) is 0 Å². The van der Waals surface area contributed by atoms with E-state index in [0.29, 0.717) is 11.4 Å². The number of methoxy groups -OCH3 is 1. The normalized spacial score (nSPS) is 11.5. The van der Waals surface area contributed by atoms with Gasteiger partial charge in [-0.25, -0.2) is 0 Å². The summed E-state index contributed by atoms with van der Waals surface area (Å²) in [5, 5.41) is 2.75. The molecule has 5 nitrogen and oxygen atoms in total. The van der Waals surface area contributed by atoms with Gasteiger partial charge in [-0.05, 0) is 44.0 Å². The molecule has 1 atom stereocenters. The minimum Gasteiger partial charge on any atom is -0.496 e. The lowest BCUT2D eigenvalue weighted by atomic mass is 10.1. The van der Waals surface area contributed by atoms with Gasteiger partial charge in [-0.15, -0.1) is 0 Å². The lowest BCUT2D eigenvalue weighted by Crippen LogP contribution is -2.30. The minimum absolute atomic E-state index is 0.0493. The second-order valence-electron chi connectivity index (χ2n) is 6.16. The summed E-state index contributed by atoms with van der Waals surface area (Å²) >= 11 is 0. The predicted molar refractivity (Wildman–Crippen MR) is 101 cm³/mol. The first-order valence-electron chi connectivity index (χ1n) is 8.65. The Kier molecular flexibility index (Phi) is 6.78. The first-order chi connectivity index (χ1) is 12.4. The largest absolute Gasteiger partial charge is 0.496 e. The van der Waals surface area contributed by atoms with Crippen molar-refractivity contribution in [2.24, 2.45) is 0 Å². The topological polar surface area (TPSA) is 64.6 Å². The molecule has 1 amide bonds. The molecule has 0 bridgehead atoms. The van der Waals surface area contributed by atoms with Gasteiger partial charge < -0.3 is 14.8 Å². The van der Waals surface area contributed by atoms with Crippen LogP contribution in [0, 0.1) is 6.92 Å². The number of nitrogens with one attached hydrogen (secondary N) is 1. The lowest BCUT2D eigenvalue weighted by Gasteiger charge is -2.15. The summed E-state index contributed by atoms with van der Waals surface area (Å²) in [5.74, 6) is -0.211. The van der Waals surface area contributed by atoms with Crippen LogP contribution in [0.15, 0.2) is 42.5 Å². The van der Waals surface area contributed by atoms with Gasteiger partial charge in [0.05, 0.1) is 13.5 Å². The van der Waals surface area contributed by atoms with E-state index in [0.717, 1.165) is 17.5 Å². The Morgan fingerprint density at radius 2 is 1.81 bits per heavy atom. The Hall–Kier alpha value is -2.82. The molecule has 0 aliphatic carbocycles. The maximum atomic E-state index is 12.2. The highest BCUT2D eigenvalue weighted by molar-refractivity contribution is 5.95. The molecule has 5 heteroatoms. The highest BCUT2D eigenvalue weighted by atomic mass is 16.5. The molecule has 0 saturated heterocycles. The molecule has 0 aromatic heterocycles. The van der Waals surface area contributed by atoms with Gasteiger partial charge in [0.15, 0.2) is 6.10 Å². The number of hydrogen-bond acceptors (Lipinski definition) is 4. The van der Waals surface area contributed by atoms with Crippen LogP contribution in [0.5, 0.6) is 5.75 Å². The zero-order valence-corrected chi connectivity index (χ0v) is 15.7. The Labute approximate surface area is 154 Å². The van der Waals surface area contributed by atoms with E-state index in [1.54, 1.807) is 14.0 Å². The first-order valence-corrected chi connectivity index (χ1v) is 8.65. The molecule has 0 heterocycles. The standard InChI is InChI=1S/C21H25NO4/c1-5-16-7-9-18(10-8-16)22-21(24)15(3)26-20(23)13-17-12-14(2)6-11-19(17)25-4/h6-12,15H,5,13H2,1-4H3,(H,22,24)/t15-/m0/s1. The predicted octanol–water partition coefficient (Wildman–Crippen LogP) is 3.68. The summed E-state index contributed by atoms with van der Waals surface area (Å²) in [5.41, 5.74) is 3.63. The third-order valence-corrected chi connectivity index (χ3v) is 4.08. The molecule has 0 aliphatic heterocycles. The molecule has 0 unspecified atom stereocenters. The molecular weight excluding hydrogens is 330 g/mol. The van der Waals surface area contributed by atoms with Crippen LogP contribution in [0.4, 0.5) is 5.69 Å². The van der Waals surface area contributed by atoms with E-state index >= 15 is 0 Å². The smallest absolute Gasteiger partial charge is 0.311 e. The Bertz CT molecular complexity index is 768. The molecule has 1 N–H and O–H groups in total.